The SMILES string of the molecule is COC(=O)NCCCCn1cc(Cl)c2c1/C=C(/CNC(=O)CC1CN(COC(C)(C)C)CCO1)CC/C=C\2. The highest BCUT2D eigenvalue weighted by atomic mass is 35.5. The number of unbranched alkanes of at least 4 members (excludes halogenated alkanes) is 1. The molecular weight excluding hydrogens is 508 g/mol. The van der Waals surface area contributed by atoms with E-state index in [-0.39, 0.29) is 17.6 Å². The van der Waals surface area contributed by atoms with Crippen LogP contribution in [0.3, 0.4) is 0 Å². The third-order valence-electron chi connectivity index (χ3n) is 6.48. The summed E-state index contributed by atoms with van der Waals surface area (Å²) in [5, 5.41) is 6.51. The fourth-order valence-electron chi connectivity index (χ4n) is 4.41. The number of nitrogens with zero attached hydrogens (tertiary/aromatic N) is 2. The summed E-state index contributed by atoms with van der Waals surface area (Å²) in [5.74, 6) is -0.0150. The van der Waals surface area contributed by atoms with E-state index >= 15 is 0 Å². The highest BCUT2D eigenvalue weighted by molar-refractivity contribution is 6.32. The number of morpholine rings is 1. The molecule has 0 bridgehead atoms. The van der Waals surface area contributed by atoms with Gasteiger partial charge in [-0.2, -0.15) is 0 Å². The number of alkyl carbamates (subject to hydrolysis) is 1. The minimum absolute atomic E-state index is 0.0150. The number of aromatic nitrogens is 1. The zero-order chi connectivity index (χ0) is 27.5. The predicted octanol–water partition coefficient (Wildman–Crippen LogP) is 4.45. The van der Waals surface area contributed by atoms with Crippen LogP contribution < -0.4 is 10.6 Å². The summed E-state index contributed by atoms with van der Waals surface area (Å²) in [6, 6.07) is 0. The minimum atomic E-state index is -0.416. The number of amides is 2. The van der Waals surface area contributed by atoms with Gasteiger partial charge in [0, 0.05) is 50.2 Å². The molecule has 1 fully saturated rings. The van der Waals surface area contributed by atoms with E-state index in [0.29, 0.717) is 44.4 Å². The van der Waals surface area contributed by atoms with E-state index in [4.69, 9.17) is 21.1 Å². The average Bonchev–Trinajstić information content (AvgIpc) is 3.13. The lowest BCUT2D eigenvalue weighted by molar-refractivity contribution is -0.131. The number of ether oxygens (including phenoxy) is 3. The molecule has 0 radical (unpaired) electrons. The van der Waals surface area contributed by atoms with Crippen LogP contribution in [0.5, 0.6) is 0 Å². The molecule has 2 amide bonds. The Hall–Kier alpha value is -2.33. The number of rotatable bonds is 11. The van der Waals surface area contributed by atoms with Crippen LogP contribution in [0.1, 0.15) is 64.1 Å². The summed E-state index contributed by atoms with van der Waals surface area (Å²) in [7, 11) is 1.36. The van der Waals surface area contributed by atoms with Crippen LogP contribution in [0, 0.1) is 0 Å². The van der Waals surface area contributed by atoms with Crippen LogP contribution in [0.2, 0.25) is 5.02 Å². The second-order valence-corrected chi connectivity index (χ2v) is 11.2. The maximum atomic E-state index is 12.8. The Kier molecular flexibility index (Phi) is 11.7. The Morgan fingerprint density at radius 1 is 1.24 bits per heavy atom. The number of halogens is 1. The van der Waals surface area contributed by atoms with Crippen molar-refractivity contribution >= 4 is 35.8 Å². The molecule has 1 aliphatic carbocycles. The molecule has 1 aliphatic heterocycles. The van der Waals surface area contributed by atoms with Gasteiger partial charge in [-0.1, -0.05) is 23.8 Å². The van der Waals surface area contributed by atoms with E-state index < -0.39 is 6.09 Å². The van der Waals surface area contributed by atoms with Crippen molar-refractivity contribution in [2.75, 3.05) is 46.6 Å². The molecule has 0 aromatic carbocycles. The smallest absolute Gasteiger partial charge is 0.406 e. The van der Waals surface area contributed by atoms with Crippen LogP contribution in [-0.4, -0.2) is 79.8 Å². The van der Waals surface area contributed by atoms with Gasteiger partial charge in [0.05, 0.1) is 43.6 Å². The second kappa shape index (κ2) is 14.7. The van der Waals surface area contributed by atoms with E-state index in [2.05, 4.69) is 43.1 Å². The standard InChI is InChI=1S/C28H43ClN4O5/c1-28(2,3)38-20-32-13-14-37-22(18-32)16-26(34)31-17-21-9-5-6-10-23-24(29)19-33(25(23)15-21)12-8-7-11-30-27(35)36-4/h6,10,15,19,22H,5,7-9,11-14,16-18,20H2,1-4H3,(H,30,35)(H,31,34)/b10-6-,21-15+. The van der Waals surface area contributed by atoms with Crippen molar-refractivity contribution in [2.45, 2.75) is 71.1 Å². The molecule has 1 unspecified atom stereocenters. The Morgan fingerprint density at radius 2 is 2.05 bits per heavy atom. The predicted molar refractivity (Wildman–Crippen MR) is 150 cm³/mol. The van der Waals surface area contributed by atoms with Crippen molar-refractivity contribution in [1.29, 1.82) is 0 Å². The molecule has 3 rings (SSSR count). The fourth-order valence-corrected chi connectivity index (χ4v) is 4.68. The Bertz CT molecular complexity index is 998. The molecule has 1 atom stereocenters. The third kappa shape index (κ3) is 10.1. The first-order valence-electron chi connectivity index (χ1n) is 13.5. The number of methoxy groups -OCH3 is 1. The quantitative estimate of drug-likeness (QED) is 0.395. The molecule has 212 valence electrons. The largest absolute Gasteiger partial charge is 0.453 e. The normalized spacial score (nSPS) is 20.4. The fraction of sp³-hybridized carbons (Fsp3) is 0.643. The van der Waals surface area contributed by atoms with Gasteiger partial charge in [-0.15, -0.1) is 0 Å². The number of fused-ring (bicyclic) bond motifs is 1. The molecule has 0 spiro atoms. The van der Waals surface area contributed by atoms with Crippen molar-refractivity contribution < 1.29 is 23.8 Å². The van der Waals surface area contributed by atoms with Gasteiger partial charge in [-0.3, -0.25) is 9.69 Å². The molecule has 10 heteroatoms. The number of hydrogen-bond acceptors (Lipinski definition) is 6. The lowest BCUT2D eigenvalue weighted by Crippen LogP contribution is -2.46. The molecule has 9 nitrogen and oxygen atoms in total. The summed E-state index contributed by atoms with van der Waals surface area (Å²) >= 11 is 6.56. The van der Waals surface area contributed by atoms with Crippen LogP contribution in [0.4, 0.5) is 4.79 Å². The van der Waals surface area contributed by atoms with E-state index in [0.717, 1.165) is 55.6 Å². The molecule has 0 saturated carbocycles. The summed E-state index contributed by atoms with van der Waals surface area (Å²) in [6.45, 7) is 10.6. The topological polar surface area (TPSA) is 94.1 Å². The van der Waals surface area contributed by atoms with Gasteiger partial charge in [-0.25, -0.2) is 4.79 Å². The van der Waals surface area contributed by atoms with E-state index in [9.17, 15) is 9.59 Å². The lowest BCUT2D eigenvalue weighted by Gasteiger charge is -2.34. The van der Waals surface area contributed by atoms with Crippen molar-refractivity contribution in [3.8, 4) is 0 Å². The van der Waals surface area contributed by atoms with E-state index in [1.807, 2.05) is 27.0 Å². The minimum Gasteiger partial charge on any atom is -0.453 e. The first kappa shape index (κ1) is 30.2. The molecular formula is C28H43ClN4O5. The summed E-state index contributed by atoms with van der Waals surface area (Å²) in [4.78, 5) is 26.2. The molecule has 1 saturated heterocycles. The number of carbonyl (C=O) groups is 2. The molecule has 38 heavy (non-hydrogen) atoms. The zero-order valence-electron chi connectivity index (χ0n) is 23.2. The van der Waals surface area contributed by atoms with Crippen molar-refractivity contribution in [3.05, 3.63) is 34.1 Å². The van der Waals surface area contributed by atoms with Crippen LogP contribution >= 0.6 is 11.6 Å². The lowest BCUT2D eigenvalue weighted by atomic mass is 10.0. The molecule has 2 heterocycles. The number of carbonyl (C=O) groups excluding carboxylic acids is 2. The number of aryl methyl sites for hydroxylation is 1. The van der Waals surface area contributed by atoms with Crippen LogP contribution in [0.15, 0.2) is 17.8 Å². The average molecular weight is 551 g/mol. The van der Waals surface area contributed by atoms with Crippen LogP contribution in [0.25, 0.3) is 12.2 Å². The maximum Gasteiger partial charge on any atom is 0.406 e. The molecule has 1 aromatic heterocycles. The number of nitrogens with one attached hydrogen (secondary N) is 2. The monoisotopic (exact) mass is 550 g/mol. The van der Waals surface area contributed by atoms with Crippen molar-refractivity contribution in [3.63, 3.8) is 0 Å². The van der Waals surface area contributed by atoms with E-state index in [1.54, 1.807) is 0 Å². The summed E-state index contributed by atoms with van der Waals surface area (Å²) < 4.78 is 18.5. The molecule has 1 aromatic rings. The number of hydrogen-bond donors (Lipinski definition) is 2. The van der Waals surface area contributed by atoms with Crippen molar-refractivity contribution in [2.24, 2.45) is 0 Å². The van der Waals surface area contributed by atoms with Gasteiger partial charge in [0.15, 0.2) is 0 Å². The second-order valence-electron chi connectivity index (χ2n) is 10.8. The van der Waals surface area contributed by atoms with Gasteiger partial charge in [0.25, 0.3) is 0 Å². The Labute approximate surface area is 231 Å². The van der Waals surface area contributed by atoms with Gasteiger partial charge < -0.3 is 29.4 Å². The zero-order valence-corrected chi connectivity index (χ0v) is 23.9. The van der Waals surface area contributed by atoms with Crippen LogP contribution in [-0.2, 0) is 25.5 Å². The molecule has 2 aliphatic rings. The summed E-state index contributed by atoms with van der Waals surface area (Å²) in [6.07, 6.45) is 11.5. The van der Waals surface area contributed by atoms with Gasteiger partial charge in [0.1, 0.15) is 0 Å². The van der Waals surface area contributed by atoms with Gasteiger partial charge >= 0.3 is 6.09 Å². The van der Waals surface area contributed by atoms with Crippen molar-refractivity contribution in [1.82, 2.24) is 20.1 Å². The Balaban J connectivity index is 1.53. The highest BCUT2D eigenvalue weighted by Crippen LogP contribution is 2.29. The van der Waals surface area contributed by atoms with Gasteiger partial charge in [-0.05, 0) is 58.1 Å². The molecule has 2 N–H and O–H groups in total. The number of allylic oxidation sites excluding steroid dienone is 1. The third-order valence-corrected chi connectivity index (χ3v) is 6.78. The maximum absolute atomic E-state index is 12.8. The Morgan fingerprint density at radius 3 is 2.82 bits per heavy atom. The first-order chi connectivity index (χ1) is 18.1. The first-order valence-corrected chi connectivity index (χ1v) is 13.8. The van der Waals surface area contributed by atoms with E-state index in [1.165, 1.54) is 7.11 Å². The van der Waals surface area contributed by atoms with Gasteiger partial charge in [0.2, 0.25) is 5.91 Å². The highest BCUT2D eigenvalue weighted by Gasteiger charge is 2.24. The summed E-state index contributed by atoms with van der Waals surface area (Å²) in [5.41, 5.74) is 2.99.